The summed E-state index contributed by atoms with van der Waals surface area (Å²) in [4.78, 5) is 12.3. The van der Waals surface area contributed by atoms with Crippen LogP contribution in [0.5, 0.6) is 5.75 Å². The zero-order chi connectivity index (χ0) is 19.7. The molecule has 0 saturated heterocycles. The SMILES string of the molecule is CCNS(=O)(=O)c1ccc(CCNC(=O)Cc2ccc(OCC)cc2)cc1. The molecule has 6 nitrogen and oxygen atoms in total. The number of nitrogens with one attached hydrogen (secondary N) is 2. The van der Waals surface area contributed by atoms with Gasteiger partial charge in [0.2, 0.25) is 15.9 Å². The maximum atomic E-state index is 12.0. The summed E-state index contributed by atoms with van der Waals surface area (Å²) in [7, 11) is -3.43. The summed E-state index contributed by atoms with van der Waals surface area (Å²) < 4.78 is 31.6. The van der Waals surface area contributed by atoms with Crippen LogP contribution in [0.2, 0.25) is 0 Å². The summed E-state index contributed by atoms with van der Waals surface area (Å²) >= 11 is 0. The molecule has 2 N–H and O–H groups in total. The number of benzene rings is 2. The normalized spacial score (nSPS) is 11.2. The second-order valence-corrected chi connectivity index (χ2v) is 7.77. The van der Waals surface area contributed by atoms with E-state index in [9.17, 15) is 13.2 Å². The summed E-state index contributed by atoms with van der Waals surface area (Å²) in [6.45, 7) is 5.12. The Hall–Kier alpha value is -2.38. The first-order valence-electron chi connectivity index (χ1n) is 9.01. The average molecular weight is 391 g/mol. The van der Waals surface area contributed by atoms with Gasteiger partial charge < -0.3 is 10.1 Å². The van der Waals surface area contributed by atoms with Crippen LogP contribution in [-0.2, 0) is 27.7 Å². The molecule has 2 aromatic carbocycles. The van der Waals surface area contributed by atoms with Crippen LogP contribution >= 0.6 is 0 Å². The topological polar surface area (TPSA) is 84.5 Å². The molecule has 0 radical (unpaired) electrons. The van der Waals surface area contributed by atoms with Gasteiger partial charge in [0.15, 0.2) is 0 Å². The first-order chi connectivity index (χ1) is 12.9. The van der Waals surface area contributed by atoms with Crippen molar-refractivity contribution in [3.63, 3.8) is 0 Å². The number of hydrogen-bond acceptors (Lipinski definition) is 4. The fraction of sp³-hybridized carbons (Fsp3) is 0.350. The molecule has 2 rings (SSSR count). The van der Waals surface area contributed by atoms with Gasteiger partial charge in [-0.1, -0.05) is 31.2 Å². The largest absolute Gasteiger partial charge is 0.494 e. The minimum absolute atomic E-state index is 0.0505. The molecule has 2 aromatic rings. The van der Waals surface area contributed by atoms with E-state index in [0.29, 0.717) is 32.5 Å². The molecule has 1 amide bonds. The van der Waals surface area contributed by atoms with E-state index in [-0.39, 0.29) is 10.8 Å². The number of carbonyl (C=O) groups excluding carboxylic acids is 1. The first-order valence-corrected chi connectivity index (χ1v) is 10.5. The predicted molar refractivity (Wildman–Crippen MR) is 105 cm³/mol. The minimum atomic E-state index is -3.43. The summed E-state index contributed by atoms with van der Waals surface area (Å²) in [5.41, 5.74) is 1.89. The van der Waals surface area contributed by atoms with E-state index >= 15 is 0 Å². The predicted octanol–water partition coefficient (Wildman–Crippen LogP) is 2.28. The van der Waals surface area contributed by atoms with Crippen molar-refractivity contribution in [2.45, 2.75) is 31.6 Å². The second kappa shape index (κ2) is 10.1. The van der Waals surface area contributed by atoms with Gasteiger partial charge in [0, 0.05) is 13.1 Å². The molecule has 27 heavy (non-hydrogen) atoms. The van der Waals surface area contributed by atoms with E-state index in [0.717, 1.165) is 16.9 Å². The van der Waals surface area contributed by atoms with Crippen molar-refractivity contribution in [3.05, 3.63) is 59.7 Å². The molecule has 0 spiro atoms. The van der Waals surface area contributed by atoms with Gasteiger partial charge in [-0.05, 0) is 48.7 Å². The van der Waals surface area contributed by atoms with Crippen LogP contribution in [-0.4, -0.2) is 34.0 Å². The van der Waals surface area contributed by atoms with E-state index in [2.05, 4.69) is 10.0 Å². The van der Waals surface area contributed by atoms with Gasteiger partial charge in [0.05, 0.1) is 17.9 Å². The van der Waals surface area contributed by atoms with Crippen LogP contribution < -0.4 is 14.8 Å². The fourth-order valence-corrected chi connectivity index (χ4v) is 3.61. The third-order valence-electron chi connectivity index (χ3n) is 3.90. The van der Waals surface area contributed by atoms with Gasteiger partial charge in [-0.25, -0.2) is 13.1 Å². The summed E-state index contributed by atoms with van der Waals surface area (Å²) in [5, 5.41) is 2.88. The molecule has 0 heterocycles. The number of carbonyl (C=O) groups is 1. The quantitative estimate of drug-likeness (QED) is 0.652. The maximum absolute atomic E-state index is 12.0. The highest BCUT2D eigenvalue weighted by Gasteiger charge is 2.11. The molecule has 7 heteroatoms. The smallest absolute Gasteiger partial charge is 0.240 e. The molecule has 0 unspecified atom stereocenters. The highest BCUT2D eigenvalue weighted by atomic mass is 32.2. The second-order valence-electron chi connectivity index (χ2n) is 6.00. The lowest BCUT2D eigenvalue weighted by molar-refractivity contribution is -0.120. The third kappa shape index (κ3) is 6.69. The Morgan fingerprint density at radius 3 is 2.19 bits per heavy atom. The number of rotatable bonds is 10. The van der Waals surface area contributed by atoms with Gasteiger partial charge in [-0.3, -0.25) is 4.79 Å². The van der Waals surface area contributed by atoms with Gasteiger partial charge in [-0.2, -0.15) is 0 Å². The summed E-state index contributed by atoms with van der Waals surface area (Å²) in [6.07, 6.45) is 0.947. The fourth-order valence-electron chi connectivity index (χ4n) is 2.57. The van der Waals surface area contributed by atoms with Gasteiger partial charge in [0.1, 0.15) is 5.75 Å². The monoisotopic (exact) mass is 390 g/mol. The Morgan fingerprint density at radius 1 is 0.963 bits per heavy atom. The van der Waals surface area contributed by atoms with Crippen LogP contribution in [0.15, 0.2) is 53.4 Å². The molecule has 0 aliphatic heterocycles. The average Bonchev–Trinajstić information content (AvgIpc) is 2.64. The minimum Gasteiger partial charge on any atom is -0.494 e. The van der Waals surface area contributed by atoms with Crippen molar-refractivity contribution in [3.8, 4) is 5.75 Å². The number of amides is 1. The third-order valence-corrected chi connectivity index (χ3v) is 5.46. The maximum Gasteiger partial charge on any atom is 0.240 e. The molecule has 0 aromatic heterocycles. The van der Waals surface area contributed by atoms with Gasteiger partial charge in [0.25, 0.3) is 0 Å². The molecule has 0 saturated carbocycles. The van der Waals surface area contributed by atoms with E-state index in [4.69, 9.17) is 4.74 Å². The highest BCUT2D eigenvalue weighted by Crippen LogP contribution is 2.13. The molecule has 0 aliphatic carbocycles. The first kappa shape index (κ1) is 20.9. The Labute approximate surface area is 161 Å². The van der Waals surface area contributed by atoms with E-state index in [1.807, 2.05) is 31.2 Å². The Kier molecular flexibility index (Phi) is 7.82. The van der Waals surface area contributed by atoms with Crippen LogP contribution in [0.1, 0.15) is 25.0 Å². The van der Waals surface area contributed by atoms with Crippen LogP contribution in [0.4, 0.5) is 0 Å². The van der Waals surface area contributed by atoms with E-state index in [1.165, 1.54) is 0 Å². The van der Waals surface area contributed by atoms with Crippen LogP contribution in [0.25, 0.3) is 0 Å². The molecule has 0 aliphatic rings. The highest BCUT2D eigenvalue weighted by molar-refractivity contribution is 7.89. The van der Waals surface area contributed by atoms with Crippen LogP contribution in [0.3, 0.4) is 0 Å². The Morgan fingerprint density at radius 2 is 1.59 bits per heavy atom. The van der Waals surface area contributed by atoms with Crippen LogP contribution in [0, 0.1) is 0 Å². The number of ether oxygens (including phenoxy) is 1. The zero-order valence-electron chi connectivity index (χ0n) is 15.7. The molecule has 146 valence electrons. The molecular weight excluding hydrogens is 364 g/mol. The lowest BCUT2D eigenvalue weighted by Crippen LogP contribution is -2.27. The summed E-state index contributed by atoms with van der Waals surface area (Å²) in [5.74, 6) is 0.742. The Balaban J connectivity index is 1.79. The van der Waals surface area contributed by atoms with Crippen molar-refractivity contribution in [1.82, 2.24) is 10.0 Å². The molecule has 0 bridgehead atoms. The lowest BCUT2D eigenvalue weighted by Gasteiger charge is -2.08. The van der Waals surface area contributed by atoms with E-state index < -0.39 is 10.0 Å². The Bertz CT molecular complexity index is 831. The van der Waals surface area contributed by atoms with Gasteiger partial charge >= 0.3 is 0 Å². The van der Waals surface area contributed by atoms with Crippen molar-refractivity contribution in [1.29, 1.82) is 0 Å². The van der Waals surface area contributed by atoms with E-state index in [1.54, 1.807) is 31.2 Å². The molecule has 0 atom stereocenters. The van der Waals surface area contributed by atoms with Crippen molar-refractivity contribution in [2.24, 2.45) is 0 Å². The summed E-state index contributed by atoms with van der Waals surface area (Å²) in [6, 6.07) is 14.2. The zero-order valence-corrected chi connectivity index (χ0v) is 16.5. The number of sulfonamides is 1. The van der Waals surface area contributed by atoms with Crippen molar-refractivity contribution in [2.75, 3.05) is 19.7 Å². The molecular formula is C20H26N2O4S. The van der Waals surface area contributed by atoms with Crippen molar-refractivity contribution < 1.29 is 17.9 Å². The lowest BCUT2D eigenvalue weighted by atomic mass is 10.1. The van der Waals surface area contributed by atoms with Gasteiger partial charge in [-0.15, -0.1) is 0 Å². The molecule has 0 fully saturated rings. The number of hydrogen-bond donors (Lipinski definition) is 2. The van der Waals surface area contributed by atoms with Crippen molar-refractivity contribution >= 4 is 15.9 Å². The standard InChI is InChI=1S/C20H26N2O4S/c1-3-22-27(24,25)19-11-7-16(8-12-19)13-14-21-20(23)15-17-5-9-18(10-6-17)26-4-2/h5-12,22H,3-4,13-15H2,1-2H3,(H,21,23).